The highest BCUT2D eigenvalue weighted by molar-refractivity contribution is 5.16. The van der Waals surface area contributed by atoms with E-state index in [1.54, 1.807) is 0 Å². The van der Waals surface area contributed by atoms with Gasteiger partial charge in [-0.1, -0.05) is 57.0 Å². The van der Waals surface area contributed by atoms with Crippen molar-refractivity contribution < 1.29 is 0 Å². The minimum atomic E-state index is 0.442. The van der Waals surface area contributed by atoms with E-state index in [0.29, 0.717) is 6.04 Å². The third-order valence-electron chi connectivity index (χ3n) is 6.82. The second-order valence-electron chi connectivity index (χ2n) is 8.73. The van der Waals surface area contributed by atoms with E-state index >= 15 is 0 Å². The van der Waals surface area contributed by atoms with E-state index < -0.39 is 0 Å². The molecule has 0 heterocycles. The van der Waals surface area contributed by atoms with Gasteiger partial charge in [0, 0.05) is 24.7 Å². The van der Waals surface area contributed by atoms with E-state index in [9.17, 15) is 0 Å². The Morgan fingerprint density at radius 1 is 1.04 bits per heavy atom. The fourth-order valence-electron chi connectivity index (χ4n) is 4.83. The van der Waals surface area contributed by atoms with E-state index in [4.69, 9.17) is 5.73 Å². The Morgan fingerprint density at radius 2 is 1.84 bits per heavy atom. The number of nitrogens with zero attached hydrogens (tertiary/aromatic N) is 1. The predicted molar refractivity (Wildman–Crippen MR) is 108 cm³/mol. The molecule has 2 saturated carbocycles. The highest BCUT2D eigenvalue weighted by Gasteiger charge is 2.39. The van der Waals surface area contributed by atoms with Crippen molar-refractivity contribution in [3.8, 4) is 0 Å². The van der Waals surface area contributed by atoms with Crippen molar-refractivity contribution >= 4 is 0 Å². The minimum Gasteiger partial charge on any atom is -0.328 e. The van der Waals surface area contributed by atoms with Crippen LogP contribution < -0.4 is 5.73 Å². The molecule has 0 radical (unpaired) electrons. The monoisotopic (exact) mass is 342 g/mol. The molecule has 0 aromatic heterocycles. The van der Waals surface area contributed by atoms with E-state index in [2.05, 4.69) is 49.1 Å². The first-order valence-electron chi connectivity index (χ1n) is 10.7. The molecule has 140 valence electrons. The number of hydrogen-bond donors (Lipinski definition) is 1. The second kappa shape index (κ2) is 9.19. The molecule has 5 atom stereocenters. The molecule has 2 nitrogen and oxygen atoms in total. The highest BCUT2D eigenvalue weighted by Crippen LogP contribution is 2.38. The summed E-state index contributed by atoms with van der Waals surface area (Å²) in [4.78, 5) is 2.93. The lowest BCUT2D eigenvalue weighted by atomic mass is 9.74. The van der Waals surface area contributed by atoms with Gasteiger partial charge in [-0.2, -0.15) is 0 Å². The van der Waals surface area contributed by atoms with Crippen molar-refractivity contribution in [2.75, 3.05) is 6.54 Å². The van der Waals surface area contributed by atoms with Crippen molar-refractivity contribution in [1.82, 2.24) is 4.90 Å². The Morgan fingerprint density at radius 3 is 2.52 bits per heavy atom. The van der Waals surface area contributed by atoms with Gasteiger partial charge in [-0.3, -0.25) is 4.90 Å². The van der Waals surface area contributed by atoms with Crippen LogP contribution in [0.2, 0.25) is 0 Å². The first-order chi connectivity index (χ1) is 12.2. The lowest BCUT2D eigenvalue weighted by Crippen LogP contribution is -2.53. The van der Waals surface area contributed by atoms with Gasteiger partial charge in [-0.15, -0.1) is 0 Å². The van der Waals surface area contributed by atoms with Crippen molar-refractivity contribution in [3.63, 3.8) is 0 Å². The van der Waals surface area contributed by atoms with E-state index in [1.165, 1.54) is 69.9 Å². The summed E-state index contributed by atoms with van der Waals surface area (Å²) in [5.41, 5.74) is 7.78. The van der Waals surface area contributed by atoms with Gasteiger partial charge in [0.1, 0.15) is 0 Å². The van der Waals surface area contributed by atoms with Gasteiger partial charge in [-0.05, 0) is 62.3 Å². The molecule has 0 aliphatic heterocycles. The summed E-state index contributed by atoms with van der Waals surface area (Å²) >= 11 is 0. The largest absolute Gasteiger partial charge is 0.328 e. The van der Waals surface area contributed by atoms with Crippen LogP contribution in [0.1, 0.15) is 70.8 Å². The molecule has 0 amide bonds. The van der Waals surface area contributed by atoms with Crippen LogP contribution in [-0.4, -0.2) is 29.6 Å². The molecular formula is C23H38N2. The Balaban J connectivity index is 1.67. The van der Waals surface area contributed by atoms with Crippen LogP contribution >= 0.6 is 0 Å². The molecule has 3 rings (SSSR count). The first-order valence-corrected chi connectivity index (χ1v) is 10.7. The lowest BCUT2D eigenvalue weighted by molar-refractivity contribution is 0.0107. The fraction of sp³-hybridized carbons (Fsp3) is 0.739. The van der Waals surface area contributed by atoms with Crippen molar-refractivity contribution in [3.05, 3.63) is 35.9 Å². The van der Waals surface area contributed by atoms with Gasteiger partial charge in [0.15, 0.2) is 0 Å². The van der Waals surface area contributed by atoms with E-state index in [0.717, 1.165) is 23.9 Å². The van der Waals surface area contributed by atoms with Crippen molar-refractivity contribution in [2.45, 2.75) is 89.8 Å². The minimum absolute atomic E-state index is 0.442. The Kier molecular flexibility index (Phi) is 6.95. The average Bonchev–Trinajstić information content (AvgIpc) is 2.83. The molecule has 0 saturated heterocycles. The molecule has 0 spiro atoms. The van der Waals surface area contributed by atoms with Crippen LogP contribution in [0.25, 0.3) is 0 Å². The summed E-state index contributed by atoms with van der Waals surface area (Å²) in [6.45, 7) is 6.06. The molecule has 25 heavy (non-hydrogen) atoms. The fourth-order valence-corrected chi connectivity index (χ4v) is 4.83. The van der Waals surface area contributed by atoms with E-state index in [-0.39, 0.29) is 0 Å². The number of nitrogens with two attached hydrogens (primary N) is 1. The number of benzene rings is 1. The maximum absolute atomic E-state index is 6.26. The highest BCUT2D eigenvalue weighted by atomic mass is 15.2. The standard InChI is InChI=1S/C23H38N2/c1-3-18(2)17-25(22-11-7-10-21(24)13-14-22)23-15-12-20(23)16-19-8-5-4-6-9-19/h4-6,8-9,18,20-23H,3,7,10-17,24H2,1-2H3. The zero-order chi connectivity index (χ0) is 17.6. The molecule has 2 aliphatic rings. The second-order valence-corrected chi connectivity index (χ2v) is 8.73. The Bertz CT molecular complexity index is 500. The molecule has 2 fully saturated rings. The van der Waals surface area contributed by atoms with Crippen molar-refractivity contribution in [2.24, 2.45) is 17.6 Å². The quantitative estimate of drug-likeness (QED) is 0.705. The molecule has 1 aromatic rings. The molecular weight excluding hydrogens is 304 g/mol. The summed E-state index contributed by atoms with van der Waals surface area (Å²) in [5.74, 6) is 1.65. The topological polar surface area (TPSA) is 29.3 Å². The van der Waals surface area contributed by atoms with Crippen LogP contribution in [0.5, 0.6) is 0 Å². The third kappa shape index (κ3) is 5.08. The van der Waals surface area contributed by atoms with Crippen LogP contribution in [0.3, 0.4) is 0 Å². The van der Waals surface area contributed by atoms with E-state index in [1.807, 2.05) is 0 Å². The molecule has 2 aliphatic carbocycles. The maximum atomic E-state index is 6.26. The summed E-state index contributed by atoms with van der Waals surface area (Å²) < 4.78 is 0. The predicted octanol–water partition coefficient (Wildman–Crippen LogP) is 5.02. The maximum Gasteiger partial charge on any atom is 0.0130 e. The van der Waals surface area contributed by atoms with Crippen LogP contribution in [0.4, 0.5) is 0 Å². The van der Waals surface area contributed by atoms with Crippen LogP contribution in [0, 0.1) is 11.8 Å². The molecule has 5 unspecified atom stereocenters. The van der Waals surface area contributed by atoms with Gasteiger partial charge in [0.25, 0.3) is 0 Å². The van der Waals surface area contributed by atoms with Gasteiger partial charge in [0.2, 0.25) is 0 Å². The zero-order valence-electron chi connectivity index (χ0n) is 16.4. The van der Waals surface area contributed by atoms with Gasteiger partial charge in [-0.25, -0.2) is 0 Å². The van der Waals surface area contributed by atoms with Crippen molar-refractivity contribution in [1.29, 1.82) is 0 Å². The van der Waals surface area contributed by atoms with Gasteiger partial charge >= 0.3 is 0 Å². The SMILES string of the molecule is CCC(C)CN(C1CCCC(N)CC1)C1CCC1Cc1ccccc1. The van der Waals surface area contributed by atoms with Gasteiger partial charge < -0.3 is 5.73 Å². The number of rotatable bonds is 7. The summed E-state index contributed by atoms with van der Waals surface area (Å²) in [6.07, 6.45) is 11.8. The smallest absolute Gasteiger partial charge is 0.0130 e. The molecule has 0 bridgehead atoms. The summed E-state index contributed by atoms with van der Waals surface area (Å²) in [7, 11) is 0. The third-order valence-corrected chi connectivity index (χ3v) is 6.82. The van der Waals surface area contributed by atoms with Crippen LogP contribution in [-0.2, 0) is 6.42 Å². The van der Waals surface area contributed by atoms with Gasteiger partial charge in [0.05, 0.1) is 0 Å². The Labute approximate surface area is 155 Å². The summed E-state index contributed by atoms with van der Waals surface area (Å²) in [6, 6.07) is 13.1. The Hall–Kier alpha value is -0.860. The lowest BCUT2D eigenvalue weighted by Gasteiger charge is -2.49. The first kappa shape index (κ1) is 18.9. The number of hydrogen-bond acceptors (Lipinski definition) is 2. The normalized spacial score (nSPS) is 31.4. The molecule has 2 heteroatoms. The average molecular weight is 343 g/mol. The zero-order valence-corrected chi connectivity index (χ0v) is 16.4. The molecule has 1 aromatic carbocycles. The summed E-state index contributed by atoms with van der Waals surface area (Å²) in [5, 5.41) is 0. The molecule has 2 N–H and O–H groups in total. The van der Waals surface area contributed by atoms with Crippen LogP contribution in [0.15, 0.2) is 30.3 Å².